The van der Waals surface area contributed by atoms with Crippen LogP contribution in [-0.2, 0) is 4.79 Å². The summed E-state index contributed by atoms with van der Waals surface area (Å²) < 4.78 is 37.6. The summed E-state index contributed by atoms with van der Waals surface area (Å²) in [5, 5.41) is 5.69. The zero-order valence-electron chi connectivity index (χ0n) is 11.0. The molecule has 110 valence electrons. The number of alkyl halides is 3. The lowest BCUT2D eigenvalue weighted by Gasteiger charge is -2.22. The van der Waals surface area contributed by atoms with Gasteiger partial charge in [0.1, 0.15) is 11.3 Å². The van der Waals surface area contributed by atoms with E-state index in [1.807, 2.05) is 0 Å². The lowest BCUT2D eigenvalue weighted by atomic mass is 9.95. The lowest BCUT2D eigenvalue weighted by Crippen LogP contribution is -2.48. The van der Waals surface area contributed by atoms with Gasteiger partial charge in [-0.2, -0.15) is 18.3 Å². The van der Waals surface area contributed by atoms with Gasteiger partial charge in [0.25, 0.3) is 5.91 Å². The van der Waals surface area contributed by atoms with Crippen molar-refractivity contribution in [1.29, 1.82) is 0 Å². The van der Waals surface area contributed by atoms with Crippen molar-refractivity contribution in [2.75, 3.05) is 5.32 Å². The van der Waals surface area contributed by atoms with Crippen molar-refractivity contribution in [3.05, 3.63) is 35.7 Å². The van der Waals surface area contributed by atoms with E-state index in [1.54, 1.807) is 0 Å². The van der Waals surface area contributed by atoms with Gasteiger partial charge >= 0.3 is 6.18 Å². The zero-order valence-corrected chi connectivity index (χ0v) is 11.0. The van der Waals surface area contributed by atoms with E-state index in [-0.39, 0.29) is 0 Å². The predicted octanol–water partition coefficient (Wildman–Crippen LogP) is 2.85. The number of rotatable bonds is 2. The number of hydrogen-bond acceptors (Lipinski definition) is 3. The van der Waals surface area contributed by atoms with Crippen molar-refractivity contribution < 1.29 is 18.0 Å². The van der Waals surface area contributed by atoms with Crippen LogP contribution in [0.4, 0.5) is 24.5 Å². The summed E-state index contributed by atoms with van der Waals surface area (Å²) in [4.78, 5) is 15.3. The molecule has 1 amide bonds. The molecule has 1 aliphatic heterocycles. The molecule has 1 heterocycles. The Morgan fingerprint density at radius 3 is 2.52 bits per heavy atom. The lowest BCUT2D eigenvalue weighted by molar-refractivity contribution is -0.121. The third-order valence-corrected chi connectivity index (χ3v) is 3.04. The number of benzene rings is 1. The standard InChI is InChI=1S/C13H11F3N4O/c1-12(7-10(19-20-12)13(14,15)16)11(21)18-9-5-3-8(17-2)4-6-9/h3-6,20H,7H2,1H3,(H,18,21). The molecule has 0 fully saturated rings. The Labute approximate surface area is 118 Å². The molecular weight excluding hydrogens is 285 g/mol. The minimum absolute atomic E-state index is 0.399. The molecule has 1 aromatic rings. The normalized spacial score (nSPS) is 21.2. The van der Waals surface area contributed by atoms with Crippen molar-refractivity contribution in [1.82, 2.24) is 5.43 Å². The minimum Gasteiger partial charge on any atom is -0.324 e. The quantitative estimate of drug-likeness (QED) is 0.824. The predicted molar refractivity (Wildman–Crippen MR) is 71.0 cm³/mol. The highest BCUT2D eigenvalue weighted by atomic mass is 19.4. The molecule has 2 rings (SSSR count). The molecule has 2 N–H and O–H groups in total. The molecule has 5 nitrogen and oxygen atoms in total. The van der Waals surface area contributed by atoms with Crippen LogP contribution in [0.1, 0.15) is 13.3 Å². The second kappa shape index (κ2) is 5.09. The van der Waals surface area contributed by atoms with E-state index in [4.69, 9.17) is 6.57 Å². The van der Waals surface area contributed by atoms with Gasteiger partial charge in [0.05, 0.1) is 6.57 Å². The molecule has 0 aliphatic carbocycles. The highest BCUT2D eigenvalue weighted by Crippen LogP contribution is 2.29. The smallest absolute Gasteiger partial charge is 0.324 e. The Morgan fingerprint density at radius 1 is 1.43 bits per heavy atom. The van der Waals surface area contributed by atoms with Crippen LogP contribution in [0.5, 0.6) is 0 Å². The Kier molecular flexibility index (Phi) is 3.60. The molecule has 0 bridgehead atoms. The summed E-state index contributed by atoms with van der Waals surface area (Å²) in [6.45, 7) is 8.15. The Hall–Kier alpha value is -2.56. The number of carbonyl (C=O) groups excluding carboxylic acids is 1. The van der Waals surface area contributed by atoms with Gasteiger partial charge in [-0.1, -0.05) is 12.1 Å². The number of hydrazone groups is 1. The van der Waals surface area contributed by atoms with E-state index in [1.165, 1.54) is 31.2 Å². The first-order chi connectivity index (χ1) is 9.74. The molecule has 1 unspecified atom stereocenters. The molecule has 0 saturated heterocycles. The van der Waals surface area contributed by atoms with Gasteiger partial charge < -0.3 is 5.32 Å². The first-order valence-corrected chi connectivity index (χ1v) is 5.94. The molecule has 1 aromatic carbocycles. The summed E-state index contributed by atoms with van der Waals surface area (Å²) in [7, 11) is 0. The Balaban J connectivity index is 2.06. The molecule has 0 saturated carbocycles. The fraction of sp³-hybridized carbons (Fsp3) is 0.308. The van der Waals surface area contributed by atoms with E-state index in [9.17, 15) is 18.0 Å². The molecule has 1 aliphatic rings. The van der Waals surface area contributed by atoms with E-state index >= 15 is 0 Å². The first-order valence-electron chi connectivity index (χ1n) is 5.94. The summed E-state index contributed by atoms with van der Waals surface area (Å²) in [5.74, 6) is -0.624. The van der Waals surface area contributed by atoms with Crippen LogP contribution in [0.3, 0.4) is 0 Å². The average Bonchev–Trinajstić information content (AvgIpc) is 2.84. The van der Waals surface area contributed by atoms with E-state index < -0.39 is 29.8 Å². The topological polar surface area (TPSA) is 57.9 Å². The second-order valence-corrected chi connectivity index (χ2v) is 4.79. The largest absolute Gasteiger partial charge is 0.431 e. The Morgan fingerprint density at radius 2 is 2.05 bits per heavy atom. The number of nitrogens with one attached hydrogen (secondary N) is 2. The number of halogens is 3. The second-order valence-electron chi connectivity index (χ2n) is 4.79. The number of nitrogens with zero attached hydrogens (tertiary/aromatic N) is 2. The van der Waals surface area contributed by atoms with Crippen molar-refractivity contribution in [2.24, 2.45) is 5.10 Å². The van der Waals surface area contributed by atoms with Crippen molar-refractivity contribution in [3.63, 3.8) is 0 Å². The molecule has 21 heavy (non-hydrogen) atoms. The molecular formula is C13H11F3N4O. The van der Waals surface area contributed by atoms with E-state index in [0.717, 1.165) is 0 Å². The van der Waals surface area contributed by atoms with Crippen LogP contribution >= 0.6 is 0 Å². The number of hydrogen-bond donors (Lipinski definition) is 2. The number of amides is 1. The first kappa shape index (κ1) is 14.8. The highest BCUT2D eigenvalue weighted by molar-refractivity contribution is 6.04. The average molecular weight is 296 g/mol. The Bertz CT molecular complexity index is 630. The van der Waals surface area contributed by atoms with Crippen LogP contribution in [0, 0.1) is 6.57 Å². The van der Waals surface area contributed by atoms with Crippen LogP contribution in [0.15, 0.2) is 29.4 Å². The van der Waals surface area contributed by atoms with Crippen molar-refractivity contribution in [3.8, 4) is 0 Å². The molecule has 0 spiro atoms. The molecule has 0 radical (unpaired) electrons. The molecule has 8 heteroatoms. The summed E-state index contributed by atoms with van der Waals surface area (Å²) in [6.07, 6.45) is -5.09. The number of anilines is 1. The SMILES string of the molecule is [C-]#[N+]c1ccc(NC(=O)C2(C)CC(C(F)(F)F)=NN2)cc1. The molecule has 0 aromatic heterocycles. The van der Waals surface area contributed by atoms with Gasteiger partial charge in [-0.15, -0.1) is 0 Å². The van der Waals surface area contributed by atoms with Crippen molar-refractivity contribution in [2.45, 2.75) is 25.1 Å². The van der Waals surface area contributed by atoms with E-state index in [0.29, 0.717) is 11.4 Å². The maximum Gasteiger partial charge on any atom is 0.431 e. The van der Waals surface area contributed by atoms with Crippen LogP contribution in [0.25, 0.3) is 4.85 Å². The minimum atomic E-state index is -4.55. The third-order valence-electron chi connectivity index (χ3n) is 3.04. The van der Waals surface area contributed by atoms with Gasteiger partial charge in [0.15, 0.2) is 5.69 Å². The maximum absolute atomic E-state index is 12.5. The fourth-order valence-electron chi connectivity index (χ4n) is 1.79. The van der Waals surface area contributed by atoms with Gasteiger partial charge in [-0.05, 0) is 19.1 Å². The van der Waals surface area contributed by atoms with Crippen molar-refractivity contribution >= 4 is 23.0 Å². The summed E-state index contributed by atoms with van der Waals surface area (Å²) in [6, 6.07) is 6.03. The molecule has 1 atom stereocenters. The van der Waals surface area contributed by atoms with Gasteiger partial charge in [-0.3, -0.25) is 10.2 Å². The zero-order chi connectivity index (χ0) is 15.7. The summed E-state index contributed by atoms with van der Waals surface area (Å²) in [5.41, 5.74) is 0.576. The van der Waals surface area contributed by atoms with E-state index in [2.05, 4.69) is 20.7 Å². The van der Waals surface area contributed by atoms with Crippen LogP contribution in [0.2, 0.25) is 0 Å². The fourth-order valence-corrected chi connectivity index (χ4v) is 1.79. The third kappa shape index (κ3) is 3.13. The van der Waals surface area contributed by atoms with Gasteiger partial charge in [0.2, 0.25) is 0 Å². The maximum atomic E-state index is 12.5. The monoisotopic (exact) mass is 296 g/mol. The van der Waals surface area contributed by atoms with Crippen LogP contribution < -0.4 is 10.7 Å². The van der Waals surface area contributed by atoms with Gasteiger partial charge in [0, 0.05) is 12.1 Å². The highest BCUT2D eigenvalue weighted by Gasteiger charge is 2.48. The van der Waals surface area contributed by atoms with Gasteiger partial charge in [-0.25, -0.2) is 4.85 Å². The summed E-state index contributed by atoms with van der Waals surface area (Å²) >= 11 is 0. The van der Waals surface area contributed by atoms with Crippen LogP contribution in [-0.4, -0.2) is 23.3 Å². The number of carbonyl (C=O) groups is 1.